The van der Waals surface area contributed by atoms with Gasteiger partial charge in [0, 0.05) is 5.02 Å². The summed E-state index contributed by atoms with van der Waals surface area (Å²) in [6.07, 6.45) is 3.10. The number of halogens is 1. The number of carbonyl (C=O) groups is 1. The molecule has 2 aromatic heterocycles. The summed E-state index contributed by atoms with van der Waals surface area (Å²) in [6, 6.07) is 9.11. The van der Waals surface area contributed by atoms with Crippen molar-refractivity contribution < 1.29 is 13.2 Å². The van der Waals surface area contributed by atoms with Gasteiger partial charge in [-0.2, -0.15) is 0 Å². The van der Waals surface area contributed by atoms with Crippen molar-refractivity contribution in [1.82, 2.24) is 19.3 Å². The van der Waals surface area contributed by atoms with Crippen LogP contribution in [0.5, 0.6) is 0 Å². The van der Waals surface area contributed by atoms with Crippen molar-refractivity contribution in [2.45, 2.75) is 53.0 Å². The Morgan fingerprint density at radius 2 is 1.90 bits per heavy atom. The predicted molar refractivity (Wildman–Crippen MR) is 123 cm³/mol. The van der Waals surface area contributed by atoms with Crippen LogP contribution in [0.3, 0.4) is 0 Å². The maximum absolute atomic E-state index is 12.5. The van der Waals surface area contributed by atoms with E-state index in [-0.39, 0.29) is 11.4 Å². The highest BCUT2D eigenvalue weighted by Gasteiger charge is 2.19. The fourth-order valence-electron chi connectivity index (χ4n) is 3.33. The van der Waals surface area contributed by atoms with E-state index in [0.29, 0.717) is 29.2 Å². The van der Waals surface area contributed by atoms with Crippen LogP contribution in [0.15, 0.2) is 30.3 Å². The van der Waals surface area contributed by atoms with Gasteiger partial charge in [-0.25, -0.2) is 23.1 Å². The first-order valence-corrected chi connectivity index (χ1v) is 12.4. The topological polar surface area (TPSA) is 94.0 Å². The molecule has 3 aromatic rings. The SMILES string of the molecule is CCCCCS(=O)(=O)NC(=O)c1ccc2nc(C)n(Cc3ccc(CC)cc3Cl)c2n1. The van der Waals surface area contributed by atoms with Crippen molar-refractivity contribution in [2.75, 3.05) is 5.75 Å². The molecule has 3 rings (SSSR count). The van der Waals surface area contributed by atoms with Crippen LogP contribution >= 0.6 is 11.6 Å². The number of unbranched alkanes of at least 4 members (excludes halogenated alkanes) is 2. The second-order valence-corrected chi connectivity index (χ2v) is 9.77. The lowest BCUT2D eigenvalue weighted by Gasteiger charge is -2.10. The standard InChI is InChI=1S/C22H27ClN4O3S/c1-4-6-7-12-31(29,30)26-22(28)20-11-10-19-21(25-20)27(15(3)24-19)14-17-9-8-16(5-2)13-18(17)23/h8-11,13H,4-7,12,14H2,1-3H3,(H,26,28). The van der Waals surface area contributed by atoms with Crippen molar-refractivity contribution in [1.29, 1.82) is 0 Å². The van der Waals surface area contributed by atoms with Crippen molar-refractivity contribution in [2.24, 2.45) is 0 Å². The van der Waals surface area contributed by atoms with E-state index in [1.165, 1.54) is 6.07 Å². The summed E-state index contributed by atoms with van der Waals surface area (Å²) in [5.74, 6) is -0.102. The molecule has 166 valence electrons. The molecule has 1 amide bonds. The molecule has 9 heteroatoms. The highest BCUT2D eigenvalue weighted by molar-refractivity contribution is 7.90. The van der Waals surface area contributed by atoms with E-state index in [9.17, 15) is 13.2 Å². The molecule has 0 bridgehead atoms. The van der Waals surface area contributed by atoms with Crippen molar-refractivity contribution in [3.63, 3.8) is 0 Å². The Morgan fingerprint density at radius 3 is 2.58 bits per heavy atom. The molecular weight excluding hydrogens is 436 g/mol. The van der Waals surface area contributed by atoms with Gasteiger partial charge in [0.1, 0.15) is 17.0 Å². The number of carbonyl (C=O) groups excluding carboxylic acids is 1. The first-order chi connectivity index (χ1) is 14.7. The number of pyridine rings is 1. The Balaban J connectivity index is 1.87. The summed E-state index contributed by atoms with van der Waals surface area (Å²) in [6.45, 7) is 6.35. The average molecular weight is 463 g/mol. The smallest absolute Gasteiger partial charge is 0.283 e. The monoisotopic (exact) mass is 462 g/mol. The molecule has 2 heterocycles. The number of amides is 1. The van der Waals surface area contributed by atoms with E-state index in [1.54, 1.807) is 6.07 Å². The molecule has 0 unspecified atom stereocenters. The highest BCUT2D eigenvalue weighted by atomic mass is 35.5. The molecule has 0 radical (unpaired) electrons. The molecule has 0 spiro atoms. The van der Waals surface area contributed by atoms with Crippen LogP contribution in [0.1, 0.15) is 60.5 Å². The second kappa shape index (κ2) is 9.78. The number of nitrogens with zero attached hydrogens (tertiary/aromatic N) is 3. The molecule has 0 atom stereocenters. The quantitative estimate of drug-likeness (QED) is 0.479. The summed E-state index contributed by atoms with van der Waals surface area (Å²) in [4.78, 5) is 21.5. The number of aromatic nitrogens is 3. The van der Waals surface area contributed by atoms with Gasteiger partial charge in [-0.3, -0.25) is 4.79 Å². The van der Waals surface area contributed by atoms with Crippen molar-refractivity contribution in [3.05, 3.63) is 58.0 Å². The third kappa shape index (κ3) is 5.62. The van der Waals surface area contributed by atoms with Crippen molar-refractivity contribution >= 4 is 38.7 Å². The molecule has 0 saturated carbocycles. The van der Waals surface area contributed by atoms with Crippen LogP contribution in [0.2, 0.25) is 5.02 Å². The number of fused-ring (bicyclic) bond motifs is 1. The van der Waals surface area contributed by atoms with Crippen LogP contribution in [0, 0.1) is 6.92 Å². The average Bonchev–Trinajstić information content (AvgIpc) is 3.03. The van der Waals surface area contributed by atoms with E-state index < -0.39 is 15.9 Å². The van der Waals surface area contributed by atoms with Gasteiger partial charge in [-0.05, 0) is 49.1 Å². The lowest BCUT2D eigenvalue weighted by atomic mass is 10.1. The van der Waals surface area contributed by atoms with Crippen LogP contribution in [-0.2, 0) is 23.0 Å². The normalized spacial score (nSPS) is 11.7. The Labute approximate surface area is 187 Å². The van der Waals surface area contributed by atoms with Gasteiger partial charge < -0.3 is 4.57 Å². The number of aryl methyl sites for hydroxylation is 2. The van der Waals surface area contributed by atoms with E-state index in [2.05, 4.69) is 21.6 Å². The number of sulfonamides is 1. The fraction of sp³-hybridized carbons (Fsp3) is 0.409. The van der Waals surface area contributed by atoms with Gasteiger partial charge in [0.05, 0.1) is 12.3 Å². The van der Waals surface area contributed by atoms with E-state index >= 15 is 0 Å². The third-order valence-electron chi connectivity index (χ3n) is 5.13. The maximum Gasteiger partial charge on any atom is 0.283 e. The van der Waals surface area contributed by atoms with E-state index in [1.807, 2.05) is 36.6 Å². The van der Waals surface area contributed by atoms with Gasteiger partial charge in [0.15, 0.2) is 5.65 Å². The fourth-order valence-corrected chi connectivity index (χ4v) is 4.66. The first kappa shape index (κ1) is 23.2. The zero-order valence-corrected chi connectivity index (χ0v) is 19.6. The molecule has 0 saturated heterocycles. The Morgan fingerprint density at radius 1 is 1.13 bits per heavy atom. The largest absolute Gasteiger partial charge is 0.308 e. The minimum atomic E-state index is -3.70. The van der Waals surface area contributed by atoms with Gasteiger partial charge in [-0.1, -0.05) is 50.4 Å². The molecule has 0 aliphatic rings. The lowest BCUT2D eigenvalue weighted by molar-refractivity contribution is 0.0977. The zero-order valence-electron chi connectivity index (χ0n) is 18.0. The van der Waals surface area contributed by atoms with Crippen LogP contribution < -0.4 is 4.72 Å². The van der Waals surface area contributed by atoms with E-state index in [0.717, 1.165) is 36.2 Å². The van der Waals surface area contributed by atoms with Crippen LogP contribution in [0.4, 0.5) is 0 Å². The lowest BCUT2D eigenvalue weighted by Crippen LogP contribution is -2.33. The molecular formula is C22H27ClN4O3S. The Bertz CT molecular complexity index is 1200. The van der Waals surface area contributed by atoms with Gasteiger partial charge in [0.2, 0.25) is 10.0 Å². The number of nitrogens with one attached hydrogen (secondary N) is 1. The van der Waals surface area contributed by atoms with Gasteiger partial charge in [-0.15, -0.1) is 0 Å². The summed E-state index contributed by atoms with van der Waals surface area (Å²) < 4.78 is 28.3. The first-order valence-electron chi connectivity index (χ1n) is 10.4. The zero-order chi connectivity index (χ0) is 22.6. The third-order valence-corrected chi connectivity index (χ3v) is 6.81. The molecule has 7 nitrogen and oxygen atoms in total. The highest BCUT2D eigenvalue weighted by Crippen LogP contribution is 2.22. The Hall–Kier alpha value is -2.45. The second-order valence-electron chi connectivity index (χ2n) is 7.52. The maximum atomic E-state index is 12.5. The number of imidazole rings is 1. The molecule has 0 aliphatic heterocycles. The number of hydrogen-bond donors (Lipinski definition) is 1. The minimum absolute atomic E-state index is 0.0279. The van der Waals surface area contributed by atoms with Gasteiger partial charge in [0.25, 0.3) is 5.91 Å². The summed E-state index contributed by atoms with van der Waals surface area (Å²) in [5, 5.41) is 0.660. The molecule has 1 N–H and O–H groups in total. The number of benzene rings is 1. The number of hydrogen-bond acceptors (Lipinski definition) is 5. The molecule has 1 aromatic carbocycles. The molecule has 31 heavy (non-hydrogen) atoms. The minimum Gasteiger partial charge on any atom is -0.308 e. The summed E-state index contributed by atoms with van der Waals surface area (Å²) in [7, 11) is -3.70. The predicted octanol–water partition coefficient (Wildman–Crippen LogP) is 4.25. The Kier molecular flexibility index (Phi) is 7.33. The summed E-state index contributed by atoms with van der Waals surface area (Å²) >= 11 is 6.45. The van der Waals surface area contributed by atoms with Gasteiger partial charge >= 0.3 is 0 Å². The van der Waals surface area contributed by atoms with Crippen molar-refractivity contribution in [3.8, 4) is 0 Å². The molecule has 0 aliphatic carbocycles. The van der Waals surface area contributed by atoms with Crippen LogP contribution in [-0.4, -0.2) is 34.6 Å². The van der Waals surface area contributed by atoms with Crippen LogP contribution in [0.25, 0.3) is 11.2 Å². The summed E-state index contributed by atoms with van der Waals surface area (Å²) in [5.41, 5.74) is 3.22. The molecule has 0 fully saturated rings. The van der Waals surface area contributed by atoms with E-state index in [4.69, 9.17) is 11.6 Å². The number of rotatable bonds is 9.